The van der Waals surface area contributed by atoms with Gasteiger partial charge in [0.25, 0.3) is 5.91 Å². The van der Waals surface area contributed by atoms with Crippen molar-refractivity contribution in [1.29, 1.82) is 0 Å². The molecule has 0 N–H and O–H groups in total. The average Bonchev–Trinajstić information content (AvgIpc) is 2.81. The number of amides is 1. The van der Waals surface area contributed by atoms with Gasteiger partial charge in [-0.15, -0.1) is 0 Å². The van der Waals surface area contributed by atoms with E-state index in [4.69, 9.17) is 0 Å². The highest BCUT2D eigenvalue weighted by atomic mass is 16.2. The molecule has 2 aromatic rings. The molecule has 0 spiro atoms. The zero-order valence-corrected chi connectivity index (χ0v) is 12.6. The lowest BCUT2D eigenvalue weighted by Gasteiger charge is -2.18. The number of benzene rings is 1. The molecular formula is C16H21N3O. The van der Waals surface area contributed by atoms with Gasteiger partial charge in [0.1, 0.15) is 5.69 Å². The summed E-state index contributed by atoms with van der Waals surface area (Å²) in [5, 5.41) is 4.33. The number of aryl methyl sites for hydroxylation is 3. The maximum absolute atomic E-state index is 12.5. The third-order valence-electron chi connectivity index (χ3n) is 3.44. The van der Waals surface area contributed by atoms with Crippen LogP contribution in [0, 0.1) is 13.8 Å². The highest BCUT2D eigenvalue weighted by Gasteiger charge is 2.17. The highest BCUT2D eigenvalue weighted by molar-refractivity contribution is 5.92. The van der Waals surface area contributed by atoms with Gasteiger partial charge in [-0.25, -0.2) is 0 Å². The lowest BCUT2D eigenvalue weighted by Crippen LogP contribution is -2.28. The number of hydrogen-bond acceptors (Lipinski definition) is 2. The predicted octanol–water partition coefficient (Wildman–Crippen LogP) is 2.79. The van der Waals surface area contributed by atoms with Crippen molar-refractivity contribution in [3.05, 3.63) is 52.8 Å². The Labute approximate surface area is 120 Å². The van der Waals surface area contributed by atoms with Crippen LogP contribution in [0.3, 0.4) is 0 Å². The van der Waals surface area contributed by atoms with E-state index in [1.54, 1.807) is 9.58 Å². The first kappa shape index (κ1) is 14.3. The summed E-state index contributed by atoms with van der Waals surface area (Å²) < 4.78 is 1.76. The monoisotopic (exact) mass is 271 g/mol. The minimum atomic E-state index is 0.00991. The normalized spacial score (nSPS) is 10.6. The van der Waals surface area contributed by atoms with Gasteiger partial charge in [-0.1, -0.05) is 24.3 Å². The second kappa shape index (κ2) is 5.90. The van der Waals surface area contributed by atoms with Crippen molar-refractivity contribution in [2.45, 2.75) is 33.9 Å². The van der Waals surface area contributed by atoms with Crippen molar-refractivity contribution < 1.29 is 4.79 Å². The Kier molecular flexibility index (Phi) is 4.23. The fourth-order valence-electron chi connectivity index (χ4n) is 2.27. The summed E-state index contributed by atoms with van der Waals surface area (Å²) in [6, 6.07) is 9.98. The predicted molar refractivity (Wildman–Crippen MR) is 79.6 cm³/mol. The molecule has 0 bridgehead atoms. The van der Waals surface area contributed by atoms with E-state index < -0.39 is 0 Å². The molecule has 0 unspecified atom stereocenters. The first-order valence-corrected chi connectivity index (χ1v) is 6.87. The summed E-state index contributed by atoms with van der Waals surface area (Å²) >= 11 is 0. The maximum Gasteiger partial charge on any atom is 0.272 e. The molecule has 0 aliphatic heterocycles. The topological polar surface area (TPSA) is 38.1 Å². The van der Waals surface area contributed by atoms with E-state index in [1.807, 2.05) is 39.1 Å². The number of carbonyl (C=O) groups excluding carboxylic acids is 1. The lowest BCUT2D eigenvalue weighted by atomic mass is 10.1. The highest BCUT2D eigenvalue weighted by Crippen LogP contribution is 2.13. The standard InChI is InChI=1S/C16H21N3O/c1-5-19-15(10-13(3)17-19)16(20)18(4)11-14-9-7-6-8-12(14)2/h6-10H,5,11H2,1-4H3. The Morgan fingerprint density at radius 3 is 2.65 bits per heavy atom. The van der Waals surface area contributed by atoms with Crippen LogP contribution in [0.15, 0.2) is 30.3 Å². The van der Waals surface area contributed by atoms with Crippen LogP contribution in [0.25, 0.3) is 0 Å². The van der Waals surface area contributed by atoms with Gasteiger partial charge in [-0.2, -0.15) is 5.10 Å². The molecule has 0 fully saturated rings. The minimum Gasteiger partial charge on any atom is -0.336 e. The van der Waals surface area contributed by atoms with E-state index in [1.165, 1.54) is 11.1 Å². The second-order valence-electron chi connectivity index (χ2n) is 5.07. The number of carbonyl (C=O) groups is 1. The van der Waals surface area contributed by atoms with Crippen LogP contribution in [0.2, 0.25) is 0 Å². The summed E-state index contributed by atoms with van der Waals surface area (Å²) in [6.07, 6.45) is 0. The summed E-state index contributed by atoms with van der Waals surface area (Å²) in [5.41, 5.74) is 3.90. The maximum atomic E-state index is 12.5. The smallest absolute Gasteiger partial charge is 0.272 e. The molecule has 0 atom stereocenters. The van der Waals surface area contributed by atoms with E-state index in [0.29, 0.717) is 18.8 Å². The molecule has 1 aromatic heterocycles. The van der Waals surface area contributed by atoms with Gasteiger partial charge in [-0.3, -0.25) is 9.48 Å². The molecule has 0 aliphatic carbocycles. The Morgan fingerprint density at radius 2 is 2.00 bits per heavy atom. The van der Waals surface area contributed by atoms with Crippen LogP contribution in [0.5, 0.6) is 0 Å². The Hall–Kier alpha value is -2.10. The van der Waals surface area contributed by atoms with E-state index >= 15 is 0 Å². The molecule has 4 heteroatoms. The van der Waals surface area contributed by atoms with Crippen LogP contribution in [0.4, 0.5) is 0 Å². The Balaban J connectivity index is 2.18. The molecule has 1 heterocycles. The fourth-order valence-corrected chi connectivity index (χ4v) is 2.27. The van der Waals surface area contributed by atoms with Crippen molar-refractivity contribution in [1.82, 2.24) is 14.7 Å². The first-order valence-electron chi connectivity index (χ1n) is 6.87. The first-order chi connectivity index (χ1) is 9.52. The van der Waals surface area contributed by atoms with Crippen LogP contribution < -0.4 is 0 Å². The lowest BCUT2D eigenvalue weighted by molar-refractivity contribution is 0.0772. The molecule has 4 nitrogen and oxygen atoms in total. The van der Waals surface area contributed by atoms with Crippen LogP contribution >= 0.6 is 0 Å². The molecule has 1 aromatic carbocycles. The number of nitrogens with zero attached hydrogens (tertiary/aromatic N) is 3. The van der Waals surface area contributed by atoms with Crippen LogP contribution in [-0.4, -0.2) is 27.6 Å². The van der Waals surface area contributed by atoms with Crippen molar-refractivity contribution in [2.75, 3.05) is 7.05 Å². The van der Waals surface area contributed by atoms with Gasteiger partial charge < -0.3 is 4.90 Å². The molecule has 0 saturated heterocycles. The largest absolute Gasteiger partial charge is 0.336 e. The quantitative estimate of drug-likeness (QED) is 0.857. The van der Waals surface area contributed by atoms with Gasteiger partial charge in [0.05, 0.1) is 5.69 Å². The van der Waals surface area contributed by atoms with Gasteiger partial charge in [0.15, 0.2) is 0 Å². The van der Waals surface area contributed by atoms with Crippen LogP contribution in [0.1, 0.15) is 34.2 Å². The molecule has 0 aliphatic rings. The molecule has 0 saturated carbocycles. The number of aromatic nitrogens is 2. The van der Waals surface area contributed by atoms with E-state index in [-0.39, 0.29) is 5.91 Å². The van der Waals surface area contributed by atoms with Gasteiger partial charge in [-0.05, 0) is 38.0 Å². The van der Waals surface area contributed by atoms with Crippen molar-refractivity contribution in [2.24, 2.45) is 0 Å². The SMILES string of the molecule is CCn1nc(C)cc1C(=O)N(C)Cc1ccccc1C. The Morgan fingerprint density at radius 1 is 1.30 bits per heavy atom. The van der Waals surface area contributed by atoms with Crippen molar-refractivity contribution in [3.63, 3.8) is 0 Å². The van der Waals surface area contributed by atoms with Gasteiger partial charge in [0.2, 0.25) is 0 Å². The van der Waals surface area contributed by atoms with E-state index in [2.05, 4.69) is 24.2 Å². The third-order valence-corrected chi connectivity index (χ3v) is 3.44. The zero-order valence-electron chi connectivity index (χ0n) is 12.6. The van der Waals surface area contributed by atoms with Gasteiger partial charge in [0, 0.05) is 20.1 Å². The second-order valence-corrected chi connectivity index (χ2v) is 5.07. The molecule has 106 valence electrons. The summed E-state index contributed by atoms with van der Waals surface area (Å²) in [6.45, 7) is 7.27. The van der Waals surface area contributed by atoms with Crippen molar-refractivity contribution in [3.8, 4) is 0 Å². The van der Waals surface area contributed by atoms with E-state index in [9.17, 15) is 4.79 Å². The molecule has 1 amide bonds. The minimum absolute atomic E-state index is 0.00991. The van der Waals surface area contributed by atoms with Crippen molar-refractivity contribution >= 4 is 5.91 Å². The summed E-state index contributed by atoms with van der Waals surface area (Å²) in [5.74, 6) is 0.00991. The molecule has 0 radical (unpaired) electrons. The fraction of sp³-hybridized carbons (Fsp3) is 0.375. The molecule has 2 rings (SSSR count). The summed E-state index contributed by atoms with van der Waals surface area (Å²) in [4.78, 5) is 14.3. The number of rotatable bonds is 4. The summed E-state index contributed by atoms with van der Waals surface area (Å²) in [7, 11) is 1.83. The van der Waals surface area contributed by atoms with E-state index in [0.717, 1.165) is 5.69 Å². The Bertz CT molecular complexity index is 616. The average molecular weight is 271 g/mol. The molecule has 20 heavy (non-hydrogen) atoms. The van der Waals surface area contributed by atoms with Gasteiger partial charge >= 0.3 is 0 Å². The van der Waals surface area contributed by atoms with Crippen LogP contribution in [-0.2, 0) is 13.1 Å². The zero-order chi connectivity index (χ0) is 14.7. The third kappa shape index (κ3) is 2.90. The number of hydrogen-bond donors (Lipinski definition) is 0. The molecular weight excluding hydrogens is 250 g/mol.